The van der Waals surface area contributed by atoms with Gasteiger partial charge in [0.2, 0.25) is 5.91 Å². The van der Waals surface area contributed by atoms with Gasteiger partial charge in [0.1, 0.15) is 0 Å². The minimum absolute atomic E-state index is 0.0666. The van der Waals surface area contributed by atoms with E-state index >= 15 is 0 Å². The van der Waals surface area contributed by atoms with Gasteiger partial charge in [0.15, 0.2) is 11.0 Å². The van der Waals surface area contributed by atoms with Crippen LogP contribution in [0.3, 0.4) is 0 Å². The average Bonchev–Trinajstić information content (AvgIpc) is 3.03. The number of aromatic nitrogens is 3. The SMILES string of the molecule is Cc1ccccc1-c1nnc(SC(C)C(=O)Nc2ccc(N(C)C)cc2)n1C. The van der Waals surface area contributed by atoms with Gasteiger partial charge in [0, 0.05) is 38.1 Å². The van der Waals surface area contributed by atoms with Crippen LogP contribution in [-0.4, -0.2) is 40.0 Å². The van der Waals surface area contributed by atoms with Crippen molar-refractivity contribution in [2.75, 3.05) is 24.3 Å². The van der Waals surface area contributed by atoms with Crippen LogP contribution in [0.4, 0.5) is 11.4 Å². The summed E-state index contributed by atoms with van der Waals surface area (Å²) in [4.78, 5) is 14.6. The number of thioether (sulfide) groups is 1. The number of carbonyl (C=O) groups excluding carboxylic acids is 1. The molecule has 3 rings (SSSR count). The van der Waals surface area contributed by atoms with Gasteiger partial charge in [-0.15, -0.1) is 10.2 Å². The average molecular weight is 396 g/mol. The first-order valence-corrected chi connectivity index (χ1v) is 9.95. The van der Waals surface area contributed by atoms with Crippen molar-refractivity contribution in [1.82, 2.24) is 14.8 Å². The van der Waals surface area contributed by atoms with E-state index in [1.165, 1.54) is 11.8 Å². The molecule has 146 valence electrons. The molecule has 3 aromatic rings. The van der Waals surface area contributed by atoms with Crippen LogP contribution in [0.5, 0.6) is 0 Å². The highest BCUT2D eigenvalue weighted by molar-refractivity contribution is 8.00. The number of hydrogen-bond acceptors (Lipinski definition) is 5. The second-order valence-electron chi connectivity index (χ2n) is 6.87. The van der Waals surface area contributed by atoms with Gasteiger partial charge in [-0.25, -0.2) is 0 Å². The largest absolute Gasteiger partial charge is 0.378 e. The van der Waals surface area contributed by atoms with Crippen molar-refractivity contribution in [3.63, 3.8) is 0 Å². The third kappa shape index (κ3) is 4.36. The number of nitrogens with zero attached hydrogens (tertiary/aromatic N) is 4. The zero-order valence-corrected chi connectivity index (χ0v) is 17.6. The Bertz CT molecular complexity index is 965. The summed E-state index contributed by atoms with van der Waals surface area (Å²) in [6.45, 7) is 3.92. The molecule has 0 aliphatic carbocycles. The molecule has 0 saturated carbocycles. The number of nitrogens with one attached hydrogen (secondary N) is 1. The molecular formula is C21H25N5OS. The first-order valence-electron chi connectivity index (χ1n) is 9.07. The van der Waals surface area contributed by atoms with Crippen molar-refractivity contribution in [2.45, 2.75) is 24.3 Å². The highest BCUT2D eigenvalue weighted by atomic mass is 32.2. The van der Waals surface area contributed by atoms with Crippen LogP contribution in [0.2, 0.25) is 0 Å². The van der Waals surface area contributed by atoms with Crippen LogP contribution in [0.25, 0.3) is 11.4 Å². The van der Waals surface area contributed by atoms with Gasteiger partial charge in [-0.2, -0.15) is 0 Å². The molecular weight excluding hydrogens is 370 g/mol. The third-order valence-corrected chi connectivity index (χ3v) is 5.66. The van der Waals surface area contributed by atoms with E-state index in [1.807, 2.05) is 80.0 Å². The summed E-state index contributed by atoms with van der Waals surface area (Å²) in [5.74, 6) is 0.732. The monoisotopic (exact) mass is 395 g/mol. The standard InChI is InChI=1S/C21H25N5OS/c1-14-8-6-7-9-18(14)19-23-24-21(26(19)5)28-15(2)20(27)22-16-10-12-17(13-11-16)25(3)4/h6-13,15H,1-5H3,(H,22,27). The summed E-state index contributed by atoms with van der Waals surface area (Å²) in [5, 5.41) is 12.0. The Balaban J connectivity index is 1.68. The molecule has 1 heterocycles. The van der Waals surface area contributed by atoms with E-state index in [2.05, 4.69) is 28.5 Å². The molecule has 1 amide bonds. The van der Waals surface area contributed by atoms with E-state index in [9.17, 15) is 4.79 Å². The fraction of sp³-hybridized carbons (Fsp3) is 0.286. The van der Waals surface area contributed by atoms with Crippen molar-refractivity contribution < 1.29 is 4.79 Å². The normalized spacial score (nSPS) is 11.9. The Hall–Kier alpha value is -2.80. The van der Waals surface area contributed by atoms with Crippen LogP contribution in [-0.2, 0) is 11.8 Å². The number of benzene rings is 2. The number of rotatable bonds is 6. The molecule has 7 heteroatoms. The van der Waals surface area contributed by atoms with Gasteiger partial charge in [-0.05, 0) is 43.7 Å². The lowest BCUT2D eigenvalue weighted by Crippen LogP contribution is -2.22. The van der Waals surface area contributed by atoms with E-state index in [0.29, 0.717) is 5.16 Å². The second kappa shape index (κ2) is 8.48. The van der Waals surface area contributed by atoms with Gasteiger partial charge in [0.25, 0.3) is 0 Å². The van der Waals surface area contributed by atoms with Crippen LogP contribution < -0.4 is 10.2 Å². The fourth-order valence-corrected chi connectivity index (χ4v) is 3.59. The lowest BCUT2D eigenvalue weighted by molar-refractivity contribution is -0.115. The summed E-state index contributed by atoms with van der Waals surface area (Å²) in [5.41, 5.74) is 4.05. The number of anilines is 2. The zero-order chi connectivity index (χ0) is 20.3. The van der Waals surface area contributed by atoms with Crippen LogP contribution in [0.15, 0.2) is 53.7 Å². The van der Waals surface area contributed by atoms with E-state index in [1.54, 1.807) is 0 Å². The Labute approximate surface area is 170 Å². The molecule has 6 nitrogen and oxygen atoms in total. The highest BCUT2D eigenvalue weighted by Crippen LogP contribution is 2.28. The molecule has 1 atom stereocenters. The van der Waals surface area contributed by atoms with Gasteiger partial charge >= 0.3 is 0 Å². The summed E-state index contributed by atoms with van der Waals surface area (Å²) in [6.07, 6.45) is 0. The summed E-state index contributed by atoms with van der Waals surface area (Å²) in [7, 11) is 5.89. The maximum absolute atomic E-state index is 12.6. The lowest BCUT2D eigenvalue weighted by Gasteiger charge is -2.14. The van der Waals surface area contributed by atoms with E-state index in [0.717, 1.165) is 28.3 Å². The van der Waals surface area contributed by atoms with Gasteiger partial charge in [-0.3, -0.25) is 4.79 Å². The molecule has 2 aromatic carbocycles. The molecule has 0 saturated heterocycles. The fourth-order valence-electron chi connectivity index (χ4n) is 2.77. The van der Waals surface area contributed by atoms with E-state index in [4.69, 9.17) is 0 Å². The number of carbonyl (C=O) groups is 1. The summed E-state index contributed by atoms with van der Waals surface area (Å²) >= 11 is 1.40. The zero-order valence-electron chi connectivity index (χ0n) is 16.8. The molecule has 1 N–H and O–H groups in total. The maximum atomic E-state index is 12.6. The van der Waals surface area contributed by atoms with Crippen molar-refractivity contribution in [2.24, 2.45) is 7.05 Å². The first kappa shape index (κ1) is 19.9. The van der Waals surface area contributed by atoms with Gasteiger partial charge in [0.05, 0.1) is 5.25 Å². The predicted octanol–water partition coefficient (Wildman–Crippen LogP) is 3.98. The van der Waals surface area contributed by atoms with Gasteiger partial charge in [-0.1, -0.05) is 36.0 Å². The smallest absolute Gasteiger partial charge is 0.237 e. The Kier molecular flexibility index (Phi) is 6.04. The lowest BCUT2D eigenvalue weighted by atomic mass is 10.1. The third-order valence-electron chi connectivity index (χ3n) is 4.52. The molecule has 0 bridgehead atoms. The predicted molar refractivity (Wildman–Crippen MR) is 116 cm³/mol. The van der Waals surface area contributed by atoms with Crippen LogP contribution >= 0.6 is 11.8 Å². The van der Waals surface area contributed by atoms with E-state index < -0.39 is 0 Å². The Morgan fingerprint density at radius 2 is 1.79 bits per heavy atom. The van der Waals surface area contributed by atoms with Crippen molar-refractivity contribution in [3.05, 3.63) is 54.1 Å². The van der Waals surface area contributed by atoms with Crippen LogP contribution in [0, 0.1) is 6.92 Å². The number of aryl methyl sites for hydroxylation is 1. The van der Waals surface area contributed by atoms with Crippen LogP contribution in [0.1, 0.15) is 12.5 Å². The maximum Gasteiger partial charge on any atom is 0.237 e. The van der Waals surface area contributed by atoms with E-state index in [-0.39, 0.29) is 11.2 Å². The summed E-state index contributed by atoms with van der Waals surface area (Å²) in [6, 6.07) is 15.8. The quantitative estimate of drug-likeness (QED) is 0.640. The molecule has 0 fully saturated rings. The second-order valence-corrected chi connectivity index (χ2v) is 8.18. The molecule has 28 heavy (non-hydrogen) atoms. The Morgan fingerprint density at radius 3 is 2.43 bits per heavy atom. The van der Waals surface area contributed by atoms with Crippen molar-refractivity contribution in [3.8, 4) is 11.4 Å². The topological polar surface area (TPSA) is 63.1 Å². The minimum atomic E-state index is -0.304. The molecule has 0 aliphatic rings. The molecule has 0 radical (unpaired) electrons. The molecule has 1 unspecified atom stereocenters. The number of hydrogen-bond donors (Lipinski definition) is 1. The molecule has 0 spiro atoms. The van der Waals surface area contributed by atoms with Gasteiger partial charge < -0.3 is 14.8 Å². The highest BCUT2D eigenvalue weighted by Gasteiger charge is 2.20. The summed E-state index contributed by atoms with van der Waals surface area (Å²) < 4.78 is 1.93. The molecule has 0 aliphatic heterocycles. The Morgan fingerprint density at radius 1 is 1.11 bits per heavy atom. The molecule has 1 aromatic heterocycles. The first-order chi connectivity index (χ1) is 13.4. The van der Waals surface area contributed by atoms with Crippen molar-refractivity contribution in [1.29, 1.82) is 0 Å². The number of amides is 1. The minimum Gasteiger partial charge on any atom is -0.378 e. The van der Waals surface area contributed by atoms with Crippen molar-refractivity contribution >= 4 is 29.0 Å².